The smallest absolute Gasteiger partial charge is 0.313 e. The van der Waals surface area contributed by atoms with Crippen molar-refractivity contribution in [2.75, 3.05) is 12.3 Å². The van der Waals surface area contributed by atoms with Gasteiger partial charge in [-0.2, -0.15) is 0 Å². The predicted octanol–water partition coefficient (Wildman–Crippen LogP) is 2.63. The number of aromatic nitrogens is 4. The molecule has 1 aliphatic rings. The molecule has 0 unspecified atom stereocenters. The molecule has 0 bridgehead atoms. The zero-order valence-corrected chi connectivity index (χ0v) is 19.5. The maximum atomic E-state index is 12.8. The van der Waals surface area contributed by atoms with E-state index in [1.54, 1.807) is 60.0 Å². The fourth-order valence-electron chi connectivity index (χ4n) is 4.25. The van der Waals surface area contributed by atoms with Crippen LogP contribution in [0.1, 0.15) is 47.0 Å². The Labute approximate surface area is 206 Å². The molecule has 4 atom stereocenters. The van der Waals surface area contributed by atoms with E-state index in [1.807, 2.05) is 6.07 Å². The van der Waals surface area contributed by atoms with Crippen LogP contribution in [0.5, 0.6) is 0 Å². The summed E-state index contributed by atoms with van der Waals surface area (Å²) in [5.74, 6) is -0.954. The van der Waals surface area contributed by atoms with Gasteiger partial charge >= 0.3 is 5.97 Å². The molecule has 1 fully saturated rings. The monoisotopic (exact) mass is 487 g/mol. The number of aliphatic hydroxyl groups excluding tert-OH is 1. The number of nitrogen functional groups attached to an aromatic ring is 1. The summed E-state index contributed by atoms with van der Waals surface area (Å²) in [5.41, 5.74) is 8.52. The Bertz CT molecular complexity index is 1410. The maximum Gasteiger partial charge on any atom is 0.313 e. The van der Waals surface area contributed by atoms with Crippen LogP contribution in [0.4, 0.5) is 5.82 Å². The van der Waals surface area contributed by atoms with Crippen LogP contribution in [0.2, 0.25) is 0 Å². The maximum absolute atomic E-state index is 12.8. The lowest BCUT2D eigenvalue weighted by Gasteiger charge is -2.18. The number of rotatable bonds is 7. The van der Waals surface area contributed by atoms with Crippen LogP contribution in [0.3, 0.4) is 0 Å². The highest BCUT2D eigenvalue weighted by molar-refractivity contribution is 6.09. The molecule has 5 rings (SSSR count). The molecule has 36 heavy (non-hydrogen) atoms. The molecular formula is C26H25N5O5. The average molecular weight is 488 g/mol. The van der Waals surface area contributed by atoms with E-state index in [0.717, 1.165) is 0 Å². The van der Waals surface area contributed by atoms with E-state index < -0.39 is 30.3 Å². The molecule has 1 aliphatic heterocycles. The van der Waals surface area contributed by atoms with Gasteiger partial charge in [0.15, 0.2) is 17.2 Å². The van der Waals surface area contributed by atoms with Crippen molar-refractivity contribution in [2.45, 2.75) is 37.7 Å². The first kappa shape index (κ1) is 23.6. The van der Waals surface area contributed by atoms with Gasteiger partial charge in [-0.25, -0.2) is 15.0 Å². The number of benzene rings is 2. The van der Waals surface area contributed by atoms with Gasteiger partial charge in [-0.05, 0) is 18.6 Å². The first-order chi connectivity index (χ1) is 17.4. The van der Waals surface area contributed by atoms with Crippen molar-refractivity contribution in [3.8, 4) is 0 Å². The van der Waals surface area contributed by atoms with Crippen LogP contribution in [0.25, 0.3) is 11.2 Å². The van der Waals surface area contributed by atoms with E-state index in [0.29, 0.717) is 27.9 Å². The summed E-state index contributed by atoms with van der Waals surface area (Å²) in [4.78, 5) is 37.9. The molecule has 3 N–H and O–H groups in total. The molecule has 1 saturated heterocycles. The van der Waals surface area contributed by atoms with Gasteiger partial charge < -0.3 is 20.3 Å². The fraction of sp³-hybridized carbons (Fsp3) is 0.269. The molecule has 2 aromatic heterocycles. The molecule has 10 heteroatoms. The number of aliphatic hydroxyl groups is 1. The number of esters is 1. The predicted molar refractivity (Wildman–Crippen MR) is 130 cm³/mol. The number of hydrogen-bond donors (Lipinski definition) is 2. The molecule has 184 valence electrons. The number of anilines is 1. The summed E-state index contributed by atoms with van der Waals surface area (Å²) in [7, 11) is 0. The largest absolute Gasteiger partial charge is 0.462 e. The van der Waals surface area contributed by atoms with Crippen LogP contribution in [-0.4, -0.2) is 55.2 Å². The number of carbonyl (C=O) groups is 2. The molecule has 4 aromatic rings. The minimum Gasteiger partial charge on any atom is -0.462 e. The topological polar surface area (TPSA) is 142 Å². The van der Waals surface area contributed by atoms with Gasteiger partial charge in [-0.1, -0.05) is 48.5 Å². The van der Waals surface area contributed by atoms with Crippen LogP contribution in [0.15, 0.2) is 67.3 Å². The normalized spacial score (nSPS) is 20.3. The highest BCUT2D eigenvalue weighted by atomic mass is 16.6. The Morgan fingerprint density at radius 2 is 1.92 bits per heavy atom. The third-order valence-corrected chi connectivity index (χ3v) is 6.33. The number of nitrogens with zero attached hydrogens (tertiary/aromatic N) is 4. The second-order valence-corrected chi connectivity index (χ2v) is 8.69. The third kappa shape index (κ3) is 4.56. The van der Waals surface area contributed by atoms with Gasteiger partial charge in [0, 0.05) is 17.5 Å². The van der Waals surface area contributed by atoms with Crippen molar-refractivity contribution >= 4 is 28.7 Å². The molecule has 0 aliphatic carbocycles. The summed E-state index contributed by atoms with van der Waals surface area (Å²) in [5, 5.41) is 10.5. The van der Waals surface area contributed by atoms with Crippen molar-refractivity contribution in [1.82, 2.24) is 19.5 Å². The number of carbonyl (C=O) groups excluding carboxylic acids is 2. The van der Waals surface area contributed by atoms with Gasteiger partial charge in [0.25, 0.3) is 0 Å². The number of fused-ring (bicyclic) bond motifs is 1. The van der Waals surface area contributed by atoms with E-state index in [2.05, 4.69) is 15.0 Å². The molecule has 2 aromatic carbocycles. The SMILES string of the molecule is C[C@H](C(=O)OC[C@H]1O[C@@H](n2cnc3c(N)ncnc32)C[C@@H]1O)c1cccc(C(=O)c2ccccc2)c1. The van der Waals surface area contributed by atoms with E-state index in [9.17, 15) is 14.7 Å². The van der Waals surface area contributed by atoms with E-state index in [4.69, 9.17) is 15.2 Å². The number of imidazole rings is 1. The lowest BCUT2D eigenvalue weighted by atomic mass is 9.96. The zero-order chi connectivity index (χ0) is 25.2. The van der Waals surface area contributed by atoms with E-state index in [-0.39, 0.29) is 24.6 Å². The Morgan fingerprint density at radius 3 is 2.72 bits per heavy atom. The zero-order valence-electron chi connectivity index (χ0n) is 19.5. The fourth-order valence-corrected chi connectivity index (χ4v) is 4.25. The van der Waals surface area contributed by atoms with Gasteiger partial charge in [0.05, 0.1) is 18.3 Å². The molecule has 0 saturated carbocycles. The number of ketones is 1. The van der Waals surface area contributed by atoms with Gasteiger partial charge in [-0.15, -0.1) is 0 Å². The van der Waals surface area contributed by atoms with Crippen molar-refractivity contribution in [3.05, 3.63) is 83.9 Å². The minimum absolute atomic E-state index is 0.118. The van der Waals surface area contributed by atoms with Crippen LogP contribution >= 0.6 is 0 Å². The molecule has 0 amide bonds. The molecule has 10 nitrogen and oxygen atoms in total. The van der Waals surface area contributed by atoms with Crippen molar-refractivity contribution < 1.29 is 24.2 Å². The summed E-state index contributed by atoms with van der Waals surface area (Å²) in [6.45, 7) is 1.60. The number of hydrogen-bond acceptors (Lipinski definition) is 9. The second-order valence-electron chi connectivity index (χ2n) is 8.69. The van der Waals surface area contributed by atoms with Crippen molar-refractivity contribution in [1.29, 1.82) is 0 Å². The summed E-state index contributed by atoms with van der Waals surface area (Å²) in [6, 6.07) is 15.9. The summed E-state index contributed by atoms with van der Waals surface area (Å²) < 4.78 is 13.1. The summed E-state index contributed by atoms with van der Waals surface area (Å²) in [6.07, 6.45) is 1.05. The Hall–Kier alpha value is -4.15. The number of nitrogens with two attached hydrogens (primary N) is 1. The highest BCUT2D eigenvalue weighted by Gasteiger charge is 2.37. The van der Waals surface area contributed by atoms with E-state index >= 15 is 0 Å². The number of ether oxygens (including phenoxy) is 2. The van der Waals surface area contributed by atoms with Gasteiger partial charge in [0.2, 0.25) is 0 Å². The van der Waals surface area contributed by atoms with Crippen molar-refractivity contribution in [2.24, 2.45) is 0 Å². The Morgan fingerprint density at radius 1 is 1.14 bits per heavy atom. The minimum atomic E-state index is -0.846. The lowest BCUT2D eigenvalue weighted by molar-refractivity contribution is -0.151. The Balaban J connectivity index is 1.22. The third-order valence-electron chi connectivity index (χ3n) is 6.33. The first-order valence-electron chi connectivity index (χ1n) is 11.5. The van der Waals surface area contributed by atoms with E-state index in [1.165, 1.54) is 12.7 Å². The second kappa shape index (κ2) is 9.84. The first-order valence-corrected chi connectivity index (χ1v) is 11.5. The quantitative estimate of drug-likeness (QED) is 0.297. The molecule has 3 heterocycles. The molecule has 0 radical (unpaired) electrons. The van der Waals surface area contributed by atoms with Crippen LogP contribution in [0, 0.1) is 0 Å². The highest BCUT2D eigenvalue weighted by Crippen LogP contribution is 2.32. The standard InChI is InChI=1S/C26H25N5O5/c1-15(17-8-5-9-18(10-17)23(33)16-6-3-2-4-7-16)26(34)35-12-20-19(32)11-21(36-20)31-14-30-22-24(27)28-13-29-25(22)31/h2-10,13-15,19-21,32H,11-12H2,1H3,(H2,27,28,29)/t15-,19-,20+,21+/m0/s1. The van der Waals surface area contributed by atoms with Crippen LogP contribution < -0.4 is 5.73 Å². The molecule has 0 spiro atoms. The average Bonchev–Trinajstić information content (AvgIpc) is 3.51. The molecular weight excluding hydrogens is 462 g/mol. The lowest BCUT2D eigenvalue weighted by Crippen LogP contribution is -2.29. The van der Waals surface area contributed by atoms with Crippen LogP contribution in [-0.2, 0) is 14.3 Å². The summed E-state index contributed by atoms with van der Waals surface area (Å²) >= 11 is 0. The van der Waals surface area contributed by atoms with Gasteiger partial charge in [-0.3, -0.25) is 14.2 Å². The Kier molecular flexibility index (Phi) is 6.45. The van der Waals surface area contributed by atoms with Crippen molar-refractivity contribution in [3.63, 3.8) is 0 Å². The van der Waals surface area contributed by atoms with Gasteiger partial charge in [0.1, 0.15) is 30.8 Å².